The highest BCUT2D eigenvalue weighted by atomic mass is 35.5. The number of halogens is 1. The van der Waals surface area contributed by atoms with Crippen molar-refractivity contribution in [3.8, 4) is 0 Å². The lowest BCUT2D eigenvalue weighted by molar-refractivity contribution is 0.0691. The molecule has 0 radical (unpaired) electrons. The fourth-order valence-electron chi connectivity index (χ4n) is 4.97. The lowest BCUT2D eigenvalue weighted by Gasteiger charge is -2.33. The predicted octanol–water partition coefficient (Wildman–Crippen LogP) is 4.80. The summed E-state index contributed by atoms with van der Waals surface area (Å²) in [6, 6.07) is 5.92. The van der Waals surface area contributed by atoms with E-state index in [0.717, 1.165) is 53.5 Å². The molecular weight excluding hydrogens is 396 g/mol. The van der Waals surface area contributed by atoms with E-state index in [2.05, 4.69) is 10.3 Å². The number of aromatic carboxylic acids is 1. The van der Waals surface area contributed by atoms with Gasteiger partial charge in [0.1, 0.15) is 0 Å². The Labute approximate surface area is 173 Å². The van der Waals surface area contributed by atoms with Crippen LogP contribution in [0.1, 0.15) is 52.7 Å². The first-order valence-corrected chi connectivity index (χ1v) is 11.0. The molecule has 0 saturated heterocycles. The number of benzene rings is 1. The molecule has 7 heteroatoms. The normalized spacial score (nSPS) is 29.5. The summed E-state index contributed by atoms with van der Waals surface area (Å²) >= 11 is 7.55. The van der Waals surface area contributed by atoms with Crippen molar-refractivity contribution in [3.05, 3.63) is 44.9 Å². The molecule has 1 aromatic heterocycles. The summed E-state index contributed by atoms with van der Waals surface area (Å²) in [6.07, 6.45) is 3.59. The van der Waals surface area contributed by atoms with Crippen LogP contribution in [0.25, 0.3) is 0 Å². The van der Waals surface area contributed by atoms with Crippen molar-refractivity contribution in [1.29, 1.82) is 0 Å². The number of carboxylic acid groups (broad SMARTS) is 1. The first-order chi connectivity index (χ1) is 13.4. The van der Waals surface area contributed by atoms with Crippen LogP contribution < -0.4 is 5.32 Å². The summed E-state index contributed by atoms with van der Waals surface area (Å²) in [5.41, 5.74) is 2.23. The van der Waals surface area contributed by atoms with E-state index in [1.54, 1.807) is 5.38 Å². The second-order valence-electron chi connectivity index (χ2n) is 8.12. The summed E-state index contributed by atoms with van der Waals surface area (Å²) < 4.78 is 0. The number of aliphatic hydroxyl groups is 1. The number of nitrogens with zero attached hydrogens (tertiary/aromatic N) is 1. The van der Waals surface area contributed by atoms with Gasteiger partial charge in [0.25, 0.3) is 0 Å². The Hall–Kier alpha value is -1.63. The van der Waals surface area contributed by atoms with Gasteiger partial charge in [0.15, 0.2) is 5.69 Å². The molecule has 3 N–H and O–H groups in total. The number of carboxylic acids is 1. The van der Waals surface area contributed by atoms with Crippen LogP contribution in [0.4, 0.5) is 5.69 Å². The minimum atomic E-state index is -0.962. The van der Waals surface area contributed by atoms with Gasteiger partial charge in [-0.1, -0.05) is 11.6 Å². The van der Waals surface area contributed by atoms with Gasteiger partial charge in [0.05, 0.1) is 11.1 Å². The molecule has 28 heavy (non-hydrogen) atoms. The van der Waals surface area contributed by atoms with Crippen molar-refractivity contribution < 1.29 is 15.0 Å². The van der Waals surface area contributed by atoms with Crippen molar-refractivity contribution in [2.75, 3.05) is 11.9 Å². The summed E-state index contributed by atoms with van der Waals surface area (Å²) in [5.74, 6) is 0.580. The molecule has 1 aromatic carbocycles. The topological polar surface area (TPSA) is 82.5 Å². The third kappa shape index (κ3) is 3.91. The maximum Gasteiger partial charge on any atom is 0.355 e. The second-order valence-corrected chi connectivity index (χ2v) is 9.42. The highest BCUT2D eigenvalue weighted by Gasteiger charge is 2.45. The summed E-state index contributed by atoms with van der Waals surface area (Å²) in [7, 11) is 0. The van der Waals surface area contributed by atoms with Crippen molar-refractivity contribution in [2.24, 2.45) is 17.8 Å². The Morgan fingerprint density at radius 3 is 2.89 bits per heavy atom. The molecule has 0 unspecified atom stereocenters. The minimum absolute atomic E-state index is 0.147. The molecule has 2 aliphatic rings. The van der Waals surface area contributed by atoms with Gasteiger partial charge in [-0.2, -0.15) is 0 Å². The van der Waals surface area contributed by atoms with E-state index in [0.29, 0.717) is 17.8 Å². The van der Waals surface area contributed by atoms with Crippen molar-refractivity contribution in [2.45, 2.75) is 44.6 Å². The first-order valence-electron chi connectivity index (χ1n) is 9.79. The van der Waals surface area contributed by atoms with Gasteiger partial charge in [-0.15, -0.1) is 11.3 Å². The molecule has 0 aliphatic heterocycles. The van der Waals surface area contributed by atoms with E-state index >= 15 is 0 Å². The number of rotatable bonds is 5. The Bertz CT molecular complexity index is 871. The number of thiazole rings is 1. The number of anilines is 1. The van der Waals surface area contributed by atoms with E-state index in [-0.39, 0.29) is 17.7 Å². The van der Waals surface area contributed by atoms with E-state index in [1.807, 2.05) is 25.1 Å². The van der Waals surface area contributed by atoms with Crippen LogP contribution in [-0.2, 0) is 0 Å². The van der Waals surface area contributed by atoms with E-state index in [1.165, 1.54) is 11.3 Å². The molecule has 2 fully saturated rings. The number of hydrogen-bond acceptors (Lipinski definition) is 5. The zero-order valence-corrected chi connectivity index (χ0v) is 17.3. The highest BCUT2D eigenvalue weighted by Crippen LogP contribution is 2.50. The standard InChI is InChI=1S/C21H25ClN2O3S/c1-11-6-14(3-5-17(11)22)23-9-16-15-4-2-12(7-13(15)8-19(16)25)20-24-18(10-28-20)21(26)27/h3,5-6,10,12-13,15-16,19,23,25H,2,4,7-9H2,1H3,(H,26,27)/t12-,13-,15-,16+,19-/m0/s1. The molecule has 0 amide bonds. The van der Waals surface area contributed by atoms with Crippen molar-refractivity contribution in [3.63, 3.8) is 0 Å². The van der Waals surface area contributed by atoms with Gasteiger partial charge in [-0.05, 0) is 68.2 Å². The Morgan fingerprint density at radius 2 is 2.18 bits per heavy atom. The Kier molecular flexibility index (Phi) is 5.63. The molecule has 2 aromatic rings. The van der Waals surface area contributed by atoms with Gasteiger partial charge in [0, 0.05) is 34.5 Å². The number of fused-ring (bicyclic) bond motifs is 1. The van der Waals surface area contributed by atoms with Crippen LogP contribution in [0.5, 0.6) is 0 Å². The van der Waals surface area contributed by atoms with Gasteiger partial charge < -0.3 is 15.5 Å². The third-order valence-corrected chi connectivity index (χ3v) is 7.85. The molecule has 2 aliphatic carbocycles. The SMILES string of the molecule is Cc1cc(NC[C@@H]2[C@H]3CC[C@H](c4nc(C(=O)O)cs4)C[C@H]3C[C@@H]2O)ccc1Cl. The fraction of sp³-hybridized carbons (Fsp3) is 0.524. The molecular formula is C21H25ClN2O3S. The summed E-state index contributed by atoms with van der Waals surface area (Å²) in [5, 5.41) is 26.6. The fourth-order valence-corrected chi connectivity index (χ4v) is 6.03. The molecule has 5 nitrogen and oxygen atoms in total. The van der Waals surface area contributed by atoms with Crippen LogP contribution in [0.15, 0.2) is 23.6 Å². The van der Waals surface area contributed by atoms with Gasteiger partial charge in [-0.3, -0.25) is 0 Å². The number of hydrogen-bond donors (Lipinski definition) is 3. The van der Waals surface area contributed by atoms with Crippen LogP contribution in [0.3, 0.4) is 0 Å². The number of aromatic nitrogens is 1. The quantitative estimate of drug-likeness (QED) is 0.647. The maximum atomic E-state index is 11.1. The number of nitrogens with one attached hydrogen (secondary N) is 1. The van der Waals surface area contributed by atoms with Crippen LogP contribution in [0, 0.1) is 24.7 Å². The zero-order valence-electron chi connectivity index (χ0n) is 15.8. The third-order valence-electron chi connectivity index (χ3n) is 6.42. The lowest BCUT2D eigenvalue weighted by atomic mass is 9.73. The molecule has 0 spiro atoms. The lowest BCUT2D eigenvalue weighted by Crippen LogP contribution is -2.30. The van der Waals surface area contributed by atoms with Gasteiger partial charge >= 0.3 is 5.97 Å². The average molecular weight is 421 g/mol. The van der Waals surface area contributed by atoms with Crippen molar-refractivity contribution in [1.82, 2.24) is 4.98 Å². The first kappa shape index (κ1) is 19.7. The van der Waals surface area contributed by atoms with Crippen LogP contribution in [-0.4, -0.2) is 33.8 Å². The smallest absolute Gasteiger partial charge is 0.355 e. The van der Waals surface area contributed by atoms with Crippen molar-refractivity contribution >= 4 is 34.6 Å². The van der Waals surface area contributed by atoms with E-state index < -0.39 is 5.97 Å². The number of aryl methyl sites for hydroxylation is 1. The minimum Gasteiger partial charge on any atom is -0.476 e. The maximum absolute atomic E-state index is 11.1. The van der Waals surface area contributed by atoms with Crippen LogP contribution in [0.2, 0.25) is 5.02 Å². The highest BCUT2D eigenvalue weighted by molar-refractivity contribution is 7.09. The molecule has 1 heterocycles. The van der Waals surface area contributed by atoms with E-state index in [4.69, 9.17) is 16.7 Å². The Balaban J connectivity index is 1.39. The summed E-state index contributed by atoms with van der Waals surface area (Å²) in [4.78, 5) is 15.4. The average Bonchev–Trinajstić information content (AvgIpc) is 3.27. The molecule has 5 atom stereocenters. The van der Waals surface area contributed by atoms with E-state index in [9.17, 15) is 9.90 Å². The molecule has 0 bridgehead atoms. The predicted molar refractivity (Wildman–Crippen MR) is 111 cm³/mol. The van der Waals surface area contributed by atoms with Gasteiger partial charge in [-0.25, -0.2) is 9.78 Å². The van der Waals surface area contributed by atoms with Crippen LogP contribution >= 0.6 is 22.9 Å². The summed E-state index contributed by atoms with van der Waals surface area (Å²) in [6.45, 7) is 2.75. The van der Waals surface area contributed by atoms with Gasteiger partial charge in [0.2, 0.25) is 0 Å². The Morgan fingerprint density at radius 1 is 1.36 bits per heavy atom. The number of aliphatic hydroxyl groups excluding tert-OH is 1. The number of carbonyl (C=O) groups is 1. The molecule has 150 valence electrons. The largest absolute Gasteiger partial charge is 0.476 e. The zero-order chi connectivity index (χ0) is 19.8. The second kappa shape index (κ2) is 8.01. The monoisotopic (exact) mass is 420 g/mol. The molecule has 4 rings (SSSR count). The molecule has 2 saturated carbocycles.